The van der Waals surface area contributed by atoms with Crippen molar-refractivity contribution in [2.75, 3.05) is 0 Å². The maximum absolute atomic E-state index is 12.0. The summed E-state index contributed by atoms with van der Waals surface area (Å²) in [5, 5.41) is 11.6. The highest BCUT2D eigenvalue weighted by Crippen LogP contribution is 2.29. The van der Waals surface area contributed by atoms with Crippen LogP contribution < -0.4 is 10.4 Å². The summed E-state index contributed by atoms with van der Waals surface area (Å²) in [6, 6.07) is 11.7. The Morgan fingerprint density at radius 3 is 2.60 bits per heavy atom. The summed E-state index contributed by atoms with van der Waals surface area (Å²) < 4.78 is 11.2. The molecule has 6 heteroatoms. The van der Waals surface area contributed by atoms with Crippen LogP contribution in [0.2, 0.25) is 0 Å². The Kier molecular flexibility index (Phi) is 3.72. The molecule has 0 unspecified atom stereocenters. The van der Waals surface area contributed by atoms with E-state index in [1.54, 1.807) is 18.2 Å². The van der Waals surface area contributed by atoms with Crippen molar-refractivity contribution >= 4 is 16.7 Å². The van der Waals surface area contributed by atoms with E-state index < -0.39 is 4.92 Å². The quantitative estimate of drug-likeness (QED) is 0.411. The average molecular weight is 337 g/mol. The van der Waals surface area contributed by atoms with E-state index in [1.165, 1.54) is 12.1 Å². The zero-order chi connectivity index (χ0) is 17.4. The van der Waals surface area contributed by atoms with Crippen LogP contribution in [-0.2, 0) is 19.4 Å². The molecule has 126 valence electrons. The molecular weight excluding hydrogens is 322 g/mol. The summed E-state index contributed by atoms with van der Waals surface area (Å²) in [6.07, 6.45) is 2.67. The first-order chi connectivity index (χ1) is 12.1. The minimum Gasteiger partial charge on any atom is -0.489 e. The van der Waals surface area contributed by atoms with Gasteiger partial charge in [-0.2, -0.15) is 0 Å². The number of aryl methyl sites for hydroxylation is 1. The van der Waals surface area contributed by atoms with Gasteiger partial charge < -0.3 is 9.15 Å². The average Bonchev–Trinajstić information content (AvgIpc) is 3.11. The van der Waals surface area contributed by atoms with Crippen molar-refractivity contribution in [2.45, 2.75) is 25.9 Å². The summed E-state index contributed by atoms with van der Waals surface area (Å²) in [5.74, 6) is 0.590. The minimum absolute atomic E-state index is 0.0464. The van der Waals surface area contributed by atoms with E-state index in [0.717, 1.165) is 41.3 Å². The fourth-order valence-corrected chi connectivity index (χ4v) is 3.23. The van der Waals surface area contributed by atoms with Gasteiger partial charge in [-0.05, 0) is 54.7 Å². The maximum atomic E-state index is 12.0. The molecule has 2 aromatic carbocycles. The Hall–Kier alpha value is -3.15. The smallest absolute Gasteiger partial charge is 0.339 e. The van der Waals surface area contributed by atoms with Gasteiger partial charge in [-0.25, -0.2) is 4.79 Å². The van der Waals surface area contributed by atoms with Gasteiger partial charge in [0.2, 0.25) is 0 Å². The van der Waals surface area contributed by atoms with Gasteiger partial charge in [0.05, 0.1) is 4.92 Å². The number of rotatable bonds is 4. The molecule has 0 fully saturated rings. The zero-order valence-corrected chi connectivity index (χ0v) is 13.4. The molecule has 0 radical (unpaired) electrons. The highest BCUT2D eigenvalue weighted by molar-refractivity contribution is 5.83. The van der Waals surface area contributed by atoms with E-state index in [4.69, 9.17) is 9.15 Å². The highest BCUT2D eigenvalue weighted by atomic mass is 16.6. The molecule has 0 saturated carbocycles. The molecule has 3 aromatic rings. The molecule has 0 atom stereocenters. The molecule has 6 nitrogen and oxygen atoms in total. The van der Waals surface area contributed by atoms with E-state index in [0.29, 0.717) is 11.3 Å². The summed E-state index contributed by atoms with van der Waals surface area (Å²) in [5.41, 5.74) is 3.03. The normalized spacial score (nSPS) is 13.0. The number of ether oxygens (including phenoxy) is 1. The molecule has 0 bridgehead atoms. The lowest BCUT2D eigenvalue weighted by atomic mass is 10.1. The second-order valence-corrected chi connectivity index (χ2v) is 6.07. The van der Waals surface area contributed by atoms with Crippen molar-refractivity contribution < 1.29 is 14.1 Å². The van der Waals surface area contributed by atoms with Gasteiger partial charge in [-0.15, -0.1) is 0 Å². The number of fused-ring (bicyclic) bond motifs is 3. The SMILES string of the molecule is O=c1oc2cc(OCc3ccc([N+](=O)[O-])cc3)ccc2c2c1CCC2. The van der Waals surface area contributed by atoms with Crippen molar-refractivity contribution in [1.82, 2.24) is 0 Å². The van der Waals surface area contributed by atoms with Gasteiger partial charge in [0.1, 0.15) is 17.9 Å². The molecule has 1 aliphatic rings. The number of nitro groups is 1. The predicted octanol–water partition coefficient (Wildman–Crippen LogP) is 3.77. The molecule has 4 rings (SSSR count). The van der Waals surface area contributed by atoms with Gasteiger partial charge in [-0.3, -0.25) is 10.1 Å². The summed E-state index contributed by atoms with van der Waals surface area (Å²) in [7, 11) is 0. The van der Waals surface area contributed by atoms with Gasteiger partial charge in [0.25, 0.3) is 5.69 Å². The Morgan fingerprint density at radius 2 is 1.84 bits per heavy atom. The van der Waals surface area contributed by atoms with Gasteiger partial charge in [0.15, 0.2) is 0 Å². The lowest BCUT2D eigenvalue weighted by Gasteiger charge is -2.08. The number of hydrogen-bond acceptors (Lipinski definition) is 5. The Morgan fingerprint density at radius 1 is 1.08 bits per heavy atom. The van der Waals surface area contributed by atoms with Crippen LogP contribution in [-0.4, -0.2) is 4.92 Å². The van der Waals surface area contributed by atoms with Crippen LogP contribution in [0.3, 0.4) is 0 Å². The standard InChI is InChI=1S/C19H15NO5/c21-19-17-3-1-2-15(17)16-9-8-14(10-18(16)25-19)24-11-12-4-6-13(7-5-12)20(22)23/h4-10H,1-3,11H2. The Labute approximate surface area is 142 Å². The molecule has 1 heterocycles. The molecule has 25 heavy (non-hydrogen) atoms. The second-order valence-electron chi connectivity index (χ2n) is 6.07. The van der Waals surface area contributed by atoms with Crippen LogP contribution in [0.4, 0.5) is 5.69 Å². The van der Waals surface area contributed by atoms with Crippen molar-refractivity contribution in [3.8, 4) is 5.75 Å². The monoisotopic (exact) mass is 337 g/mol. The largest absolute Gasteiger partial charge is 0.489 e. The number of hydrogen-bond donors (Lipinski definition) is 0. The van der Waals surface area contributed by atoms with Crippen LogP contribution in [0.5, 0.6) is 5.75 Å². The fourth-order valence-electron chi connectivity index (χ4n) is 3.23. The van der Waals surface area contributed by atoms with Crippen LogP contribution in [0, 0.1) is 10.1 Å². The van der Waals surface area contributed by atoms with E-state index in [9.17, 15) is 14.9 Å². The molecule has 0 N–H and O–H groups in total. The molecule has 0 saturated heterocycles. The number of nitro benzene ring substituents is 1. The van der Waals surface area contributed by atoms with Crippen LogP contribution >= 0.6 is 0 Å². The van der Waals surface area contributed by atoms with Gasteiger partial charge in [0, 0.05) is 29.1 Å². The minimum atomic E-state index is -0.436. The first-order valence-corrected chi connectivity index (χ1v) is 8.06. The maximum Gasteiger partial charge on any atom is 0.339 e. The topological polar surface area (TPSA) is 82.6 Å². The van der Waals surface area contributed by atoms with Crippen molar-refractivity contribution in [3.05, 3.63) is 79.7 Å². The highest BCUT2D eigenvalue weighted by Gasteiger charge is 2.19. The number of nitrogens with zero attached hydrogens (tertiary/aromatic N) is 1. The van der Waals surface area contributed by atoms with Gasteiger partial charge >= 0.3 is 5.63 Å². The summed E-state index contributed by atoms with van der Waals surface area (Å²) >= 11 is 0. The van der Waals surface area contributed by atoms with Crippen LogP contribution in [0.15, 0.2) is 51.7 Å². The third-order valence-electron chi connectivity index (χ3n) is 4.50. The molecule has 0 amide bonds. The molecular formula is C19H15NO5. The van der Waals surface area contributed by atoms with E-state index in [2.05, 4.69) is 0 Å². The number of benzene rings is 2. The second kappa shape index (κ2) is 6.05. The lowest BCUT2D eigenvalue weighted by Crippen LogP contribution is -2.06. The Balaban J connectivity index is 1.57. The Bertz CT molecular complexity index is 1020. The predicted molar refractivity (Wildman–Crippen MR) is 91.9 cm³/mol. The zero-order valence-electron chi connectivity index (χ0n) is 13.4. The lowest BCUT2D eigenvalue weighted by molar-refractivity contribution is -0.384. The summed E-state index contributed by atoms with van der Waals surface area (Å²) in [4.78, 5) is 22.3. The first kappa shape index (κ1) is 15.4. The first-order valence-electron chi connectivity index (χ1n) is 8.06. The van der Waals surface area contributed by atoms with Gasteiger partial charge in [-0.1, -0.05) is 0 Å². The third kappa shape index (κ3) is 2.87. The summed E-state index contributed by atoms with van der Waals surface area (Å²) in [6.45, 7) is 0.276. The van der Waals surface area contributed by atoms with E-state index in [-0.39, 0.29) is 17.9 Å². The third-order valence-corrected chi connectivity index (χ3v) is 4.50. The molecule has 1 aromatic heterocycles. The van der Waals surface area contributed by atoms with E-state index in [1.807, 2.05) is 12.1 Å². The molecule has 0 spiro atoms. The molecule has 1 aliphatic carbocycles. The van der Waals surface area contributed by atoms with Crippen molar-refractivity contribution in [2.24, 2.45) is 0 Å². The fraction of sp³-hybridized carbons (Fsp3) is 0.211. The van der Waals surface area contributed by atoms with Crippen molar-refractivity contribution in [3.63, 3.8) is 0 Å². The van der Waals surface area contributed by atoms with Crippen molar-refractivity contribution in [1.29, 1.82) is 0 Å². The number of non-ortho nitro benzene ring substituents is 1. The van der Waals surface area contributed by atoms with Crippen LogP contribution in [0.25, 0.3) is 11.0 Å². The van der Waals surface area contributed by atoms with Crippen LogP contribution in [0.1, 0.15) is 23.1 Å². The van der Waals surface area contributed by atoms with E-state index >= 15 is 0 Å². The molecule has 0 aliphatic heterocycles.